The van der Waals surface area contributed by atoms with Gasteiger partial charge >= 0.3 is 0 Å². The smallest absolute Gasteiger partial charge is 0.230 e. The maximum atomic E-state index is 13.9. The Hall–Kier alpha value is -3.26. The average Bonchev–Trinajstić information content (AvgIpc) is 2.93. The number of carbonyl (C=O) groups excluding carboxylic acids is 2. The molecule has 3 aromatic rings. The normalized spacial score (nSPS) is 17.2. The molecule has 2 aromatic heterocycles. The third-order valence-electron chi connectivity index (χ3n) is 6.78. The second-order valence-electron chi connectivity index (χ2n) is 9.36. The van der Waals surface area contributed by atoms with E-state index in [1.807, 2.05) is 42.7 Å². The van der Waals surface area contributed by atoms with E-state index in [9.17, 15) is 14.0 Å². The van der Waals surface area contributed by atoms with Gasteiger partial charge in [-0.25, -0.2) is 9.37 Å². The molecule has 1 amide bonds. The van der Waals surface area contributed by atoms with Crippen molar-refractivity contribution in [1.82, 2.24) is 15.3 Å². The van der Waals surface area contributed by atoms with Gasteiger partial charge in [-0.05, 0) is 80.7 Å². The van der Waals surface area contributed by atoms with E-state index in [0.717, 1.165) is 48.9 Å². The summed E-state index contributed by atoms with van der Waals surface area (Å²) in [5.41, 5.74) is 1.02. The highest BCUT2D eigenvalue weighted by molar-refractivity contribution is 7.98. The molecule has 0 unspecified atom stereocenters. The molecular formula is C29H32FN3O3S. The topological polar surface area (TPSA) is 81.2 Å². The van der Waals surface area contributed by atoms with E-state index in [0.29, 0.717) is 31.1 Å². The van der Waals surface area contributed by atoms with Gasteiger partial charge in [-0.3, -0.25) is 14.6 Å². The first-order valence-electron chi connectivity index (χ1n) is 12.7. The molecule has 194 valence electrons. The maximum Gasteiger partial charge on any atom is 0.230 e. The van der Waals surface area contributed by atoms with Gasteiger partial charge in [0, 0.05) is 23.4 Å². The molecule has 1 aliphatic carbocycles. The van der Waals surface area contributed by atoms with Gasteiger partial charge in [0.2, 0.25) is 11.8 Å². The molecule has 1 N–H and O–H groups in total. The average molecular weight is 522 g/mol. The molecule has 8 heteroatoms. The van der Waals surface area contributed by atoms with Crippen LogP contribution in [0.5, 0.6) is 11.6 Å². The van der Waals surface area contributed by atoms with E-state index >= 15 is 0 Å². The summed E-state index contributed by atoms with van der Waals surface area (Å²) in [6, 6.07) is 14.3. The van der Waals surface area contributed by atoms with Crippen LogP contribution in [0.1, 0.15) is 61.0 Å². The molecule has 0 radical (unpaired) electrons. The van der Waals surface area contributed by atoms with Crippen LogP contribution < -0.4 is 10.1 Å². The van der Waals surface area contributed by atoms with E-state index in [2.05, 4.69) is 15.3 Å². The number of rotatable bonds is 11. The van der Waals surface area contributed by atoms with E-state index in [4.69, 9.17) is 4.74 Å². The molecule has 1 aromatic carbocycles. The number of aromatic nitrogens is 2. The van der Waals surface area contributed by atoms with E-state index in [1.165, 1.54) is 6.07 Å². The maximum absolute atomic E-state index is 13.9. The number of halogens is 1. The number of nitrogens with zero attached hydrogens (tertiary/aromatic N) is 2. The Morgan fingerprint density at radius 2 is 1.92 bits per heavy atom. The Bertz CT molecular complexity index is 1200. The summed E-state index contributed by atoms with van der Waals surface area (Å²) in [6.07, 6.45) is 10.3. The minimum atomic E-state index is -0.562. The third kappa shape index (κ3) is 7.86. The van der Waals surface area contributed by atoms with Gasteiger partial charge in [0.1, 0.15) is 11.6 Å². The Morgan fingerprint density at radius 3 is 2.68 bits per heavy atom. The highest BCUT2D eigenvalue weighted by Gasteiger charge is 2.26. The van der Waals surface area contributed by atoms with Crippen LogP contribution in [0.25, 0.3) is 0 Å². The minimum absolute atomic E-state index is 0.0317. The quantitative estimate of drug-likeness (QED) is 0.226. The molecule has 1 saturated carbocycles. The van der Waals surface area contributed by atoms with Gasteiger partial charge in [-0.15, -0.1) is 11.8 Å². The molecule has 37 heavy (non-hydrogen) atoms. The lowest BCUT2D eigenvalue weighted by molar-refractivity contribution is -0.126. The van der Waals surface area contributed by atoms with Gasteiger partial charge in [-0.1, -0.05) is 18.6 Å². The summed E-state index contributed by atoms with van der Waals surface area (Å²) >= 11 is 1.58. The van der Waals surface area contributed by atoms with Crippen LogP contribution in [0.3, 0.4) is 0 Å². The summed E-state index contributed by atoms with van der Waals surface area (Å²) < 4.78 is 19.8. The zero-order valence-electron chi connectivity index (χ0n) is 21.0. The standard InChI is InChI=1S/C29H32FN3O3S/c1-37-25-9-5-8-24(17-25)36-29-26(16-22(30)18-33-29)27(34)10-4-6-20-11-13-21(14-12-20)28(35)32-19-23-7-2-3-15-31-23/h2-3,5,7-9,15-18,20-21H,4,6,10-14,19H2,1H3,(H,32,35). The van der Waals surface area contributed by atoms with Crippen LogP contribution in [0.2, 0.25) is 0 Å². The number of benzene rings is 1. The zero-order chi connectivity index (χ0) is 26.0. The second kappa shape index (κ2) is 13.3. The predicted octanol–water partition coefficient (Wildman–Crippen LogP) is 6.61. The molecule has 4 rings (SSSR count). The molecule has 0 atom stereocenters. The Labute approximate surface area is 221 Å². The number of amides is 1. The first-order chi connectivity index (χ1) is 18.0. The summed E-state index contributed by atoms with van der Waals surface area (Å²) in [6.45, 7) is 0.450. The third-order valence-corrected chi connectivity index (χ3v) is 7.50. The van der Waals surface area contributed by atoms with Crippen molar-refractivity contribution < 1.29 is 18.7 Å². The molecule has 0 saturated heterocycles. The van der Waals surface area contributed by atoms with Crippen LogP contribution in [-0.4, -0.2) is 27.9 Å². The van der Waals surface area contributed by atoms with Crippen molar-refractivity contribution in [2.24, 2.45) is 11.8 Å². The minimum Gasteiger partial charge on any atom is -0.438 e. The molecule has 1 fully saturated rings. The fourth-order valence-electron chi connectivity index (χ4n) is 4.71. The lowest BCUT2D eigenvalue weighted by Crippen LogP contribution is -2.33. The number of thioether (sulfide) groups is 1. The van der Waals surface area contributed by atoms with Gasteiger partial charge in [0.15, 0.2) is 5.78 Å². The number of ketones is 1. The monoisotopic (exact) mass is 521 g/mol. The summed E-state index contributed by atoms with van der Waals surface area (Å²) in [5, 5.41) is 3.00. The fourth-order valence-corrected chi connectivity index (χ4v) is 5.16. The lowest BCUT2D eigenvalue weighted by atomic mass is 9.79. The van der Waals surface area contributed by atoms with Crippen molar-refractivity contribution in [2.75, 3.05) is 6.26 Å². The van der Waals surface area contributed by atoms with Gasteiger partial charge in [0.05, 0.1) is 24.0 Å². The Kier molecular flexibility index (Phi) is 9.65. The molecule has 2 heterocycles. The predicted molar refractivity (Wildman–Crippen MR) is 142 cm³/mol. The van der Waals surface area contributed by atoms with E-state index in [1.54, 1.807) is 24.0 Å². The van der Waals surface area contributed by atoms with Gasteiger partial charge < -0.3 is 10.1 Å². The van der Waals surface area contributed by atoms with Crippen molar-refractivity contribution >= 4 is 23.5 Å². The molecular weight excluding hydrogens is 489 g/mol. The number of carbonyl (C=O) groups is 2. The highest BCUT2D eigenvalue weighted by Crippen LogP contribution is 2.33. The number of hydrogen-bond acceptors (Lipinski definition) is 6. The Morgan fingerprint density at radius 1 is 1.08 bits per heavy atom. The van der Waals surface area contributed by atoms with Crippen molar-refractivity contribution in [1.29, 1.82) is 0 Å². The van der Waals surface area contributed by atoms with Crippen LogP contribution in [0.15, 0.2) is 65.8 Å². The molecule has 0 aliphatic heterocycles. The summed E-state index contributed by atoms with van der Waals surface area (Å²) in [4.78, 5) is 34.8. The lowest BCUT2D eigenvalue weighted by Gasteiger charge is -2.27. The van der Waals surface area contributed by atoms with Crippen LogP contribution in [-0.2, 0) is 11.3 Å². The second-order valence-corrected chi connectivity index (χ2v) is 10.2. The number of nitrogens with one attached hydrogen (secondary N) is 1. The highest BCUT2D eigenvalue weighted by atomic mass is 32.2. The largest absolute Gasteiger partial charge is 0.438 e. The van der Waals surface area contributed by atoms with Gasteiger partial charge in [0.25, 0.3) is 0 Å². The molecule has 0 bridgehead atoms. The summed E-state index contributed by atoms with van der Waals surface area (Å²) in [5.74, 6) is 0.558. The van der Waals surface area contributed by atoms with Crippen molar-refractivity contribution in [3.63, 3.8) is 0 Å². The van der Waals surface area contributed by atoms with E-state index in [-0.39, 0.29) is 29.1 Å². The molecule has 0 spiro atoms. The fraction of sp³-hybridized carbons (Fsp3) is 0.379. The van der Waals surface area contributed by atoms with Crippen LogP contribution in [0.4, 0.5) is 4.39 Å². The first kappa shape index (κ1) is 26.8. The molecule has 1 aliphatic rings. The van der Waals surface area contributed by atoms with Crippen molar-refractivity contribution in [3.8, 4) is 11.6 Å². The van der Waals surface area contributed by atoms with Crippen molar-refractivity contribution in [3.05, 3.63) is 78.0 Å². The first-order valence-corrected chi connectivity index (χ1v) is 13.9. The summed E-state index contributed by atoms with van der Waals surface area (Å²) in [7, 11) is 0. The Balaban J connectivity index is 1.23. The number of hydrogen-bond donors (Lipinski definition) is 1. The van der Waals surface area contributed by atoms with E-state index < -0.39 is 5.82 Å². The number of pyridine rings is 2. The molecule has 6 nitrogen and oxygen atoms in total. The number of Topliss-reactive ketones (excluding diaryl/α,β-unsaturated/α-hetero) is 1. The van der Waals surface area contributed by atoms with Gasteiger partial charge in [-0.2, -0.15) is 0 Å². The van der Waals surface area contributed by atoms with Crippen LogP contribution in [0, 0.1) is 17.7 Å². The van der Waals surface area contributed by atoms with Crippen LogP contribution >= 0.6 is 11.8 Å². The SMILES string of the molecule is CSc1cccc(Oc2ncc(F)cc2C(=O)CCCC2CCC(C(=O)NCc3ccccn3)CC2)c1. The van der Waals surface area contributed by atoms with Crippen molar-refractivity contribution in [2.45, 2.75) is 56.4 Å². The zero-order valence-corrected chi connectivity index (χ0v) is 21.8. The number of ether oxygens (including phenoxy) is 1.